The van der Waals surface area contributed by atoms with E-state index in [2.05, 4.69) is 23.1 Å². The van der Waals surface area contributed by atoms with Crippen LogP contribution in [-0.4, -0.2) is 41.4 Å². The van der Waals surface area contributed by atoms with Crippen molar-refractivity contribution >= 4 is 0 Å². The molecule has 4 heteroatoms. The van der Waals surface area contributed by atoms with Gasteiger partial charge in [0.1, 0.15) is 0 Å². The van der Waals surface area contributed by atoms with Crippen LogP contribution in [0.25, 0.3) is 0 Å². The number of nitrogens with zero attached hydrogens (tertiary/aromatic N) is 3. The molecule has 0 fully saturated rings. The third-order valence-corrected chi connectivity index (χ3v) is 2.11. The second-order valence-electron chi connectivity index (χ2n) is 3.93. The lowest BCUT2D eigenvalue weighted by Gasteiger charge is -2.15. The predicted octanol–water partition coefficient (Wildman–Crippen LogP) is 0.334. The van der Waals surface area contributed by atoms with E-state index in [0.29, 0.717) is 0 Å². The van der Waals surface area contributed by atoms with Gasteiger partial charge in [0.15, 0.2) is 0 Å². The van der Waals surface area contributed by atoms with Gasteiger partial charge in [0, 0.05) is 25.3 Å². The van der Waals surface area contributed by atoms with Gasteiger partial charge in [-0.15, -0.1) is 0 Å². The molecule has 1 aromatic rings. The molecule has 1 unspecified atom stereocenters. The molecule has 0 amide bonds. The first-order valence-corrected chi connectivity index (χ1v) is 5.03. The minimum Gasteiger partial charge on any atom is -0.326 e. The zero-order valence-corrected chi connectivity index (χ0v) is 9.27. The van der Waals surface area contributed by atoms with Crippen LogP contribution < -0.4 is 5.73 Å². The second-order valence-corrected chi connectivity index (χ2v) is 3.93. The monoisotopic (exact) mass is 196 g/mol. The summed E-state index contributed by atoms with van der Waals surface area (Å²) in [5.41, 5.74) is 7.20. The Morgan fingerprint density at radius 1 is 1.57 bits per heavy atom. The van der Waals surface area contributed by atoms with E-state index in [9.17, 15) is 0 Å². The minimum atomic E-state index is 0.194. The van der Waals surface area contributed by atoms with Gasteiger partial charge >= 0.3 is 0 Å². The zero-order chi connectivity index (χ0) is 10.6. The third-order valence-electron chi connectivity index (χ3n) is 2.11. The van der Waals surface area contributed by atoms with Gasteiger partial charge < -0.3 is 10.6 Å². The van der Waals surface area contributed by atoms with Crippen LogP contribution in [0.4, 0.5) is 0 Å². The van der Waals surface area contributed by atoms with Gasteiger partial charge in [0.05, 0.1) is 6.20 Å². The number of aromatic nitrogens is 2. The van der Waals surface area contributed by atoms with Crippen molar-refractivity contribution in [1.29, 1.82) is 0 Å². The standard InChI is InChI=1S/C10H20N4/c1-4-14-7-9(6-12-14)5-10(11)8-13(2)3/h6-7,10H,4-5,8,11H2,1-3H3. The zero-order valence-electron chi connectivity index (χ0n) is 9.27. The summed E-state index contributed by atoms with van der Waals surface area (Å²) in [5, 5.41) is 4.21. The Labute approximate surface area is 85.7 Å². The molecule has 0 bridgehead atoms. The summed E-state index contributed by atoms with van der Waals surface area (Å²) in [6.45, 7) is 3.91. The highest BCUT2D eigenvalue weighted by molar-refractivity contribution is 5.06. The highest BCUT2D eigenvalue weighted by atomic mass is 15.3. The van der Waals surface area contributed by atoms with Crippen LogP contribution in [0, 0.1) is 0 Å². The summed E-state index contributed by atoms with van der Waals surface area (Å²) in [6, 6.07) is 0.194. The molecule has 0 spiro atoms. The van der Waals surface area contributed by atoms with E-state index in [0.717, 1.165) is 19.5 Å². The topological polar surface area (TPSA) is 47.1 Å². The molecule has 4 nitrogen and oxygen atoms in total. The quantitative estimate of drug-likeness (QED) is 0.738. The first-order valence-electron chi connectivity index (χ1n) is 5.03. The molecule has 80 valence electrons. The van der Waals surface area contributed by atoms with Gasteiger partial charge in [-0.2, -0.15) is 5.10 Å². The van der Waals surface area contributed by atoms with Crippen LogP contribution in [0.3, 0.4) is 0 Å². The molecule has 0 aromatic carbocycles. The van der Waals surface area contributed by atoms with Crippen LogP contribution in [0.5, 0.6) is 0 Å². The number of aryl methyl sites for hydroxylation is 1. The van der Waals surface area contributed by atoms with Crippen molar-refractivity contribution in [2.45, 2.75) is 25.9 Å². The van der Waals surface area contributed by atoms with Gasteiger partial charge in [-0.05, 0) is 33.0 Å². The Morgan fingerprint density at radius 2 is 2.29 bits per heavy atom. The van der Waals surface area contributed by atoms with Gasteiger partial charge in [0.25, 0.3) is 0 Å². The van der Waals surface area contributed by atoms with E-state index in [1.54, 1.807) is 0 Å². The van der Waals surface area contributed by atoms with Crippen LogP contribution in [0.2, 0.25) is 0 Å². The lowest BCUT2D eigenvalue weighted by molar-refractivity contribution is 0.371. The maximum Gasteiger partial charge on any atom is 0.0522 e. The van der Waals surface area contributed by atoms with Gasteiger partial charge in [-0.1, -0.05) is 0 Å². The van der Waals surface area contributed by atoms with Crippen molar-refractivity contribution in [3.8, 4) is 0 Å². The first kappa shape index (κ1) is 11.2. The van der Waals surface area contributed by atoms with Crippen molar-refractivity contribution in [1.82, 2.24) is 14.7 Å². The number of hydrogen-bond acceptors (Lipinski definition) is 3. The van der Waals surface area contributed by atoms with E-state index in [4.69, 9.17) is 5.73 Å². The molecule has 1 aromatic heterocycles. The first-order chi connectivity index (χ1) is 6.61. The normalized spacial score (nSPS) is 13.5. The highest BCUT2D eigenvalue weighted by Crippen LogP contribution is 2.01. The third kappa shape index (κ3) is 3.47. The minimum absolute atomic E-state index is 0.194. The molecule has 0 aliphatic heterocycles. The van der Waals surface area contributed by atoms with Crippen molar-refractivity contribution < 1.29 is 0 Å². The lowest BCUT2D eigenvalue weighted by Crippen LogP contribution is -2.34. The molecule has 0 radical (unpaired) electrons. The molecule has 1 heterocycles. The van der Waals surface area contributed by atoms with Crippen LogP contribution in [0.1, 0.15) is 12.5 Å². The summed E-state index contributed by atoms with van der Waals surface area (Å²) in [4.78, 5) is 2.11. The van der Waals surface area contributed by atoms with E-state index < -0.39 is 0 Å². The Balaban J connectivity index is 2.43. The van der Waals surface area contributed by atoms with E-state index in [1.165, 1.54) is 5.56 Å². The molecular weight excluding hydrogens is 176 g/mol. The maximum atomic E-state index is 5.98. The van der Waals surface area contributed by atoms with Gasteiger partial charge in [0.2, 0.25) is 0 Å². The molecular formula is C10H20N4. The van der Waals surface area contributed by atoms with Crippen molar-refractivity contribution in [2.75, 3.05) is 20.6 Å². The van der Waals surface area contributed by atoms with Crippen molar-refractivity contribution in [3.63, 3.8) is 0 Å². The number of rotatable bonds is 5. The fraction of sp³-hybridized carbons (Fsp3) is 0.700. The Morgan fingerprint density at radius 3 is 2.79 bits per heavy atom. The lowest BCUT2D eigenvalue weighted by atomic mass is 10.1. The maximum absolute atomic E-state index is 5.98. The Bertz CT molecular complexity index is 267. The molecule has 0 aliphatic rings. The van der Waals surface area contributed by atoms with E-state index >= 15 is 0 Å². The van der Waals surface area contributed by atoms with Crippen molar-refractivity contribution in [2.24, 2.45) is 5.73 Å². The summed E-state index contributed by atoms with van der Waals surface area (Å²) in [6.07, 6.45) is 4.87. The number of likely N-dealkylation sites (N-methyl/N-ethyl adjacent to an activating group) is 1. The summed E-state index contributed by atoms with van der Waals surface area (Å²) < 4.78 is 1.93. The molecule has 0 saturated heterocycles. The van der Waals surface area contributed by atoms with Crippen molar-refractivity contribution in [3.05, 3.63) is 18.0 Å². The summed E-state index contributed by atoms with van der Waals surface area (Å²) in [7, 11) is 4.07. The summed E-state index contributed by atoms with van der Waals surface area (Å²) >= 11 is 0. The molecule has 1 rings (SSSR count). The fourth-order valence-electron chi connectivity index (χ4n) is 1.52. The van der Waals surface area contributed by atoms with Crippen LogP contribution in [0.15, 0.2) is 12.4 Å². The van der Waals surface area contributed by atoms with Crippen LogP contribution >= 0.6 is 0 Å². The second kappa shape index (κ2) is 5.12. The molecule has 1 atom stereocenters. The number of hydrogen-bond donors (Lipinski definition) is 1. The van der Waals surface area contributed by atoms with Crippen LogP contribution in [-0.2, 0) is 13.0 Å². The largest absolute Gasteiger partial charge is 0.326 e. The van der Waals surface area contributed by atoms with Gasteiger partial charge in [-0.3, -0.25) is 4.68 Å². The Hall–Kier alpha value is -0.870. The average molecular weight is 196 g/mol. The molecule has 2 N–H and O–H groups in total. The van der Waals surface area contributed by atoms with E-state index in [1.807, 2.05) is 25.0 Å². The average Bonchev–Trinajstić information content (AvgIpc) is 2.50. The van der Waals surface area contributed by atoms with E-state index in [-0.39, 0.29) is 6.04 Å². The molecule has 0 aliphatic carbocycles. The fourth-order valence-corrected chi connectivity index (χ4v) is 1.52. The predicted molar refractivity (Wildman–Crippen MR) is 58.1 cm³/mol. The smallest absolute Gasteiger partial charge is 0.0522 e. The highest BCUT2D eigenvalue weighted by Gasteiger charge is 2.06. The molecule has 14 heavy (non-hydrogen) atoms. The SMILES string of the molecule is CCn1cc(CC(N)CN(C)C)cn1. The Kier molecular flexibility index (Phi) is 4.10. The molecule has 0 saturated carbocycles. The number of nitrogens with two attached hydrogens (primary N) is 1. The summed E-state index contributed by atoms with van der Waals surface area (Å²) in [5.74, 6) is 0. The van der Waals surface area contributed by atoms with Gasteiger partial charge in [-0.25, -0.2) is 0 Å².